The Morgan fingerprint density at radius 2 is 2.03 bits per heavy atom. The topological polar surface area (TPSA) is 151 Å². The third kappa shape index (κ3) is 6.58. The van der Waals surface area contributed by atoms with Crippen LogP contribution in [0.15, 0.2) is 52.8 Å². The van der Waals surface area contributed by atoms with Crippen molar-refractivity contribution in [2.45, 2.75) is 26.1 Å². The minimum absolute atomic E-state index is 0.0116. The first kappa shape index (κ1) is 26.6. The normalized spacial score (nSPS) is 16.2. The number of esters is 1. The fraction of sp³-hybridized carbons (Fsp3) is 0.292. The van der Waals surface area contributed by atoms with E-state index in [2.05, 4.69) is 21.2 Å². The molecule has 0 saturated heterocycles. The van der Waals surface area contributed by atoms with Gasteiger partial charge in [0, 0.05) is 16.3 Å². The van der Waals surface area contributed by atoms with Crippen LogP contribution in [0.4, 0.5) is 4.79 Å². The van der Waals surface area contributed by atoms with E-state index in [4.69, 9.17) is 25.8 Å². The summed E-state index contributed by atoms with van der Waals surface area (Å²) in [6.07, 6.45) is 0.129. The highest BCUT2D eigenvalue weighted by molar-refractivity contribution is 6.30. The number of amides is 2. The molecule has 0 saturated carbocycles. The van der Waals surface area contributed by atoms with Crippen LogP contribution >= 0.6 is 11.6 Å². The van der Waals surface area contributed by atoms with E-state index < -0.39 is 24.3 Å². The lowest BCUT2D eigenvalue weighted by Gasteiger charge is -2.28. The number of methoxy groups -OCH3 is 1. The van der Waals surface area contributed by atoms with Crippen molar-refractivity contribution >= 4 is 29.8 Å². The Hall–Kier alpha value is -3.96. The highest BCUT2D eigenvalue weighted by Crippen LogP contribution is 2.34. The lowest BCUT2D eigenvalue weighted by atomic mass is 9.95. The molecule has 1 aliphatic rings. The van der Waals surface area contributed by atoms with E-state index in [0.29, 0.717) is 40.0 Å². The highest BCUT2D eigenvalue weighted by Gasteiger charge is 2.32. The fourth-order valence-electron chi connectivity index (χ4n) is 3.44. The monoisotopic (exact) mass is 518 g/mol. The third-order valence-corrected chi connectivity index (χ3v) is 5.32. The molecule has 1 heterocycles. The maximum absolute atomic E-state index is 12.3. The zero-order chi connectivity index (χ0) is 26.2. The SMILES string of the molecule is CCOc1cc([C@H]2NC(=O)NC(C)=C2C(=O)OC)ccc1OC[C@H](O)N/N=C\c1cc(Cl)ccc1O. The number of allylic oxidation sites excluding steroid dienone is 1. The minimum atomic E-state index is -1.18. The summed E-state index contributed by atoms with van der Waals surface area (Å²) >= 11 is 5.90. The summed E-state index contributed by atoms with van der Waals surface area (Å²) in [5.74, 6) is 0.0919. The number of hydrogen-bond donors (Lipinski definition) is 5. The van der Waals surface area contributed by atoms with Crippen LogP contribution in [0.25, 0.3) is 0 Å². The van der Waals surface area contributed by atoms with Crippen LogP contribution in [0.5, 0.6) is 17.2 Å². The van der Waals surface area contributed by atoms with Crippen molar-refractivity contribution in [3.63, 3.8) is 0 Å². The number of hydrogen-bond acceptors (Lipinski definition) is 9. The molecule has 12 heteroatoms. The number of carbonyl (C=O) groups excluding carboxylic acids is 2. The molecule has 2 amide bonds. The average molecular weight is 519 g/mol. The molecule has 0 bridgehead atoms. The van der Waals surface area contributed by atoms with E-state index in [-0.39, 0.29) is 17.9 Å². The number of urea groups is 1. The molecule has 3 rings (SSSR count). The molecule has 192 valence electrons. The fourth-order valence-corrected chi connectivity index (χ4v) is 3.62. The minimum Gasteiger partial charge on any atom is -0.507 e. The molecule has 2 aromatic rings. The molecule has 2 aromatic carbocycles. The van der Waals surface area contributed by atoms with Gasteiger partial charge in [-0.3, -0.25) is 5.43 Å². The maximum atomic E-state index is 12.3. The number of phenolic OH excluding ortho intramolecular Hbond substituents is 1. The van der Waals surface area contributed by atoms with Crippen LogP contribution in [0.3, 0.4) is 0 Å². The van der Waals surface area contributed by atoms with Crippen molar-refractivity contribution in [2.24, 2.45) is 5.10 Å². The van der Waals surface area contributed by atoms with Gasteiger partial charge in [-0.2, -0.15) is 5.10 Å². The second-order valence-electron chi connectivity index (χ2n) is 7.62. The zero-order valence-corrected chi connectivity index (χ0v) is 20.6. The number of nitrogens with zero attached hydrogens (tertiary/aromatic N) is 1. The Morgan fingerprint density at radius 1 is 1.25 bits per heavy atom. The van der Waals surface area contributed by atoms with Gasteiger partial charge in [0.25, 0.3) is 0 Å². The van der Waals surface area contributed by atoms with Gasteiger partial charge in [0.15, 0.2) is 17.7 Å². The van der Waals surface area contributed by atoms with Crippen LogP contribution in [-0.4, -0.2) is 55.0 Å². The number of ether oxygens (including phenoxy) is 3. The number of aromatic hydroxyl groups is 1. The molecule has 0 radical (unpaired) electrons. The first-order valence-electron chi connectivity index (χ1n) is 10.9. The molecule has 0 aromatic heterocycles. The number of carbonyl (C=O) groups is 2. The molecule has 36 heavy (non-hydrogen) atoms. The van der Waals surface area contributed by atoms with Crippen LogP contribution < -0.4 is 25.5 Å². The van der Waals surface area contributed by atoms with E-state index in [1.54, 1.807) is 38.1 Å². The Kier molecular flexibility index (Phi) is 8.98. The van der Waals surface area contributed by atoms with Gasteiger partial charge in [-0.05, 0) is 49.7 Å². The Morgan fingerprint density at radius 3 is 2.75 bits per heavy atom. The number of rotatable bonds is 10. The zero-order valence-electron chi connectivity index (χ0n) is 19.9. The standard InChI is InChI=1S/C24H27ClN4O7/c1-4-35-19-10-14(22-21(23(32)34-3)13(2)27-24(33)28-22)5-8-18(19)36-12-20(31)29-26-11-15-9-16(25)6-7-17(15)30/h5-11,20,22,29-31H,4,12H2,1-3H3,(H2,27,28,33)/b26-11-/t20-,22+/m0/s1. The number of aliphatic hydroxyl groups excluding tert-OH is 1. The van der Waals surface area contributed by atoms with Gasteiger partial charge in [-0.1, -0.05) is 17.7 Å². The molecular formula is C24H27ClN4O7. The maximum Gasteiger partial charge on any atom is 0.337 e. The molecule has 0 spiro atoms. The Labute approximate surface area is 212 Å². The summed E-state index contributed by atoms with van der Waals surface area (Å²) in [7, 11) is 1.26. The molecule has 11 nitrogen and oxygen atoms in total. The Balaban J connectivity index is 1.72. The largest absolute Gasteiger partial charge is 0.507 e. The molecule has 0 fully saturated rings. The molecule has 5 N–H and O–H groups in total. The quantitative estimate of drug-likeness (QED) is 0.139. The molecule has 0 aliphatic carbocycles. The van der Waals surface area contributed by atoms with E-state index in [1.807, 2.05) is 0 Å². The van der Waals surface area contributed by atoms with Crippen LogP contribution in [0.2, 0.25) is 5.02 Å². The lowest BCUT2D eigenvalue weighted by Crippen LogP contribution is -2.45. The van der Waals surface area contributed by atoms with Gasteiger partial charge >= 0.3 is 12.0 Å². The summed E-state index contributed by atoms with van der Waals surface area (Å²) in [6, 6.07) is 8.21. The van der Waals surface area contributed by atoms with Crippen LogP contribution in [0.1, 0.15) is 31.0 Å². The summed E-state index contributed by atoms with van der Waals surface area (Å²) in [5, 5.41) is 29.6. The predicted molar refractivity (Wildman–Crippen MR) is 132 cm³/mol. The summed E-state index contributed by atoms with van der Waals surface area (Å²) in [6.45, 7) is 3.55. The Bertz CT molecular complexity index is 1190. The lowest BCUT2D eigenvalue weighted by molar-refractivity contribution is -0.136. The molecular weight excluding hydrogens is 492 g/mol. The van der Waals surface area contributed by atoms with Crippen molar-refractivity contribution in [3.8, 4) is 17.2 Å². The molecule has 0 unspecified atom stereocenters. The summed E-state index contributed by atoms with van der Waals surface area (Å²) < 4.78 is 16.2. The van der Waals surface area contributed by atoms with Crippen molar-refractivity contribution in [3.05, 3.63) is 63.8 Å². The number of hydrazone groups is 1. The summed E-state index contributed by atoms with van der Waals surface area (Å²) in [5.41, 5.74) is 4.08. The number of aliphatic hydroxyl groups is 1. The number of halogens is 1. The average Bonchev–Trinajstić information content (AvgIpc) is 2.84. The molecule has 1 aliphatic heterocycles. The van der Waals surface area contributed by atoms with Crippen molar-refractivity contribution in [1.82, 2.24) is 16.1 Å². The number of phenols is 1. The van der Waals surface area contributed by atoms with Crippen molar-refractivity contribution in [2.75, 3.05) is 20.3 Å². The third-order valence-electron chi connectivity index (χ3n) is 5.09. The summed E-state index contributed by atoms with van der Waals surface area (Å²) in [4.78, 5) is 24.4. The second kappa shape index (κ2) is 12.1. The predicted octanol–water partition coefficient (Wildman–Crippen LogP) is 2.57. The number of nitrogens with one attached hydrogen (secondary N) is 3. The van der Waals surface area contributed by atoms with E-state index >= 15 is 0 Å². The van der Waals surface area contributed by atoms with E-state index in [1.165, 1.54) is 25.5 Å². The van der Waals surface area contributed by atoms with Crippen LogP contribution in [-0.2, 0) is 9.53 Å². The van der Waals surface area contributed by atoms with Crippen LogP contribution in [0, 0.1) is 0 Å². The highest BCUT2D eigenvalue weighted by atomic mass is 35.5. The molecule has 2 atom stereocenters. The van der Waals surface area contributed by atoms with E-state index in [9.17, 15) is 19.8 Å². The van der Waals surface area contributed by atoms with Gasteiger partial charge in [0.2, 0.25) is 0 Å². The van der Waals surface area contributed by atoms with E-state index in [0.717, 1.165) is 0 Å². The van der Waals surface area contributed by atoms with Crippen molar-refractivity contribution < 1.29 is 34.0 Å². The number of benzene rings is 2. The van der Waals surface area contributed by atoms with Gasteiger partial charge in [0.05, 0.1) is 31.5 Å². The first-order chi connectivity index (χ1) is 17.2. The van der Waals surface area contributed by atoms with Gasteiger partial charge < -0.3 is 35.1 Å². The first-order valence-corrected chi connectivity index (χ1v) is 11.3. The van der Waals surface area contributed by atoms with Gasteiger partial charge in [-0.25, -0.2) is 9.59 Å². The van der Waals surface area contributed by atoms with Gasteiger partial charge in [-0.15, -0.1) is 0 Å². The van der Waals surface area contributed by atoms with Crippen molar-refractivity contribution in [1.29, 1.82) is 0 Å². The van der Waals surface area contributed by atoms with Gasteiger partial charge in [0.1, 0.15) is 12.4 Å². The second-order valence-corrected chi connectivity index (χ2v) is 8.05. The smallest absolute Gasteiger partial charge is 0.337 e.